The summed E-state index contributed by atoms with van der Waals surface area (Å²) in [6.45, 7) is 0. The number of nitrogens with zero attached hydrogens (tertiary/aromatic N) is 2. The lowest BCUT2D eigenvalue weighted by atomic mass is 10.1. The molecule has 0 aliphatic carbocycles. The highest BCUT2D eigenvalue weighted by Crippen LogP contribution is 2.20. The van der Waals surface area contributed by atoms with Crippen LogP contribution in [0.1, 0.15) is 11.4 Å². The smallest absolute Gasteiger partial charge is 0.199 e. The van der Waals surface area contributed by atoms with Gasteiger partial charge in [-0.1, -0.05) is 48.0 Å². The normalized spacial score (nSPS) is 10.7. The number of halogens is 1. The van der Waals surface area contributed by atoms with Crippen LogP contribution < -0.4 is 0 Å². The Balaban J connectivity index is 2.04. The number of hydrogen-bond acceptors (Lipinski definition) is 2. The molecule has 0 bridgehead atoms. The maximum absolute atomic E-state index is 6.21. The number of hydrogen-bond donors (Lipinski definition) is 1. The van der Waals surface area contributed by atoms with E-state index in [0.29, 0.717) is 11.2 Å². The summed E-state index contributed by atoms with van der Waals surface area (Å²) in [5.74, 6) is 0.842. The highest BCUT2D eigenvalue weighted by Gasteiger charge is 2.10. The first-order valence-electron chi connectivity index (χ1n) is 6.21. The highest BCUT2D eigenvalue weighted by atomic mass is 35.5. The Hall–Kier alpha value is -1.91. The summed E-state index contributed by atoms with van der Waals surface area (Å²) in [5.41, 5.74) is 2.02. The largest absolute Gasteiger partial charge is 0.272 e. The lowest BCUT2D eigenvalue weighted by Crippen LogP contribution is -2.02. The zero-order chi connectivity index (χ0) is 13.9. The molecule has 100 valence electrons. The van der Waals surface area contributed by atoms with Gasteiger partial charge in [0.1, 0.15) is 5.82 Å². The fourth-order valence-corrected chi connectivity index (χ4v) is 2.56. The Morgan fingerprint density at radius 3 is 2.50 bits per heavy atom. The quantitative estimate of drug-likeness (QED) is 0.737. The predicted molar refractivity (Wildman–Crippen MR) is 83.0 cm³/mol. The van der Waals surface area contributed by atoms with Crippen molar-refractivity contribution < 1.29 is 0 Å². The molecule has 1 aromatic heterocycles. The number of nitrogens with one attached hydrogen (secondary N) is 1. The second-order valence-electron chi connectivity index (χ2n) is 4.38. The summed E-state index contributed by atoms with van der Waals surface area (Å²) >= 11 is 11.5. The van der Waals surface area contributed by atoms with Crippen LogP contribution in [0.3, 0.4) is 0 Å². The van der Waals surface area contributed by atoms with Crippen molar-refractivity contribution in [3.8, 4) is 5.69 Å². The van der Waals surface area contributed by atoms with Gasteiger partial charge in [0, 0.05) is 17.1 Å². The van der Waals surface area contributed by atoms with E-state index in [0.717, 1.165) is 22.1 Å². The number of benzene rings is 2. The van der Waals surface area contributed by atoms with E-state index in [1.165, 1.54) is 0 Å². The van der Waals surface area contributed by atoms with Crippen LogP contribution in [-0.2, 0) is 6.42 Å². The van der Waals surface area contributed by atoms with Gasteiger partial charge in [-0.2, -0.15) is 5.10 Å². The van der Waals surface area contributed by atoms with Crippen molar-refractivity contribution >= 4 is 23.8 Å². The third-order valence-corrected chi connectivity index (χ3v) is 3.71. The van der Waals surface area contributed by atoms with Gasteiger partial charge in [0.15, 0.2) is 4.77 Å². The molecule has 0 radical (unpaired) electrons. The molecule has 0 unspecified atom stereocenters. The highest BCUT2D eigenvalue weighted by molar-refractivity contribution is 7.71. The fourth-order valence-electron chi connectivity index (χ4n) is 2.10. The molecule has 0 aliphatic heterocycles. The molecular formula is C15H12ClN3S. The molecule has 1 N–H and O–H groups in total. The zero-order valence-electron chi connectivity index (χ0n) is 10.6. The number of para-hydroxylation sites is 1. The van der Waals surface area contributed by atoms with Crippen molar-refractivity contribution in [2.75, 3.05) is 0 Å². The summed E-state index contributed by atoms with van der Waals surface area (Å²) in [7, 11) is 0. The van der Waals surface area contributed by atoms with Gasteiger partial charge in [0.05, 0.1) is 0 Å². The standard InChI is InChI=1S/C15H12ClN3S/c16-13-9-5-4-6-11(13)10-14-17-18-15(20)19(14)12-7-2-1-3-8-12/h1-9H,10H2,(H,18,20). The van der Waals surface area contributed by atoms with E-state index in [1.54, 1.807) is 0 Å². The summed E-state index contributed by atoms with van der Waals surface area (Å²) in [6, 6.07) is 17.7. The van der Waals surface area contributed by atoms with Crippen LogP contribution in [-0.4, -0.2) is 14.8 Å². The van der Waals surface area contributed by atoms with Crippen molar-refractivity contribution in [1.29, 1.82) is 0 Å². The van der Waals surface area contributed by atoms with Crippen LogP contribution in [0.5, 0.6) is 0 Å². The van der Waals surface area contributed by atoms with Crippen LogP contribution in [0.2, 0.25) is 5.02 Å². The Bertz CT molecular complexity index is 777. The molecule has 3 aromatic rings. The molecule has 2 aromatic carbocycles. The summed E-state index contributed by atoms with van der Waals surface area (Å²) < 4.78 is 2.51. The SMILES string of the molecule is S=c1[nH]nc(Cc2ccccc2Cl)n1-c1ccccc1. The van der Waals surface area contributed by atoms with Crippen LogP contribution in [0.4, 0.5) is 0 Å². The lowest BCUT2D eigenvalue weighted by Gasteiger charge is -2.07. The van der Waals surface area contributed by atoms with E-state index in [1.807, 2.05) is 59.2 Å². The van der Waals surface area contributed by atoms with E-state index in [4.69, 9.17) is 23.8 Å². The maximum Gasteiger partial charge on any atom is 0.199 e. The van der Waals surface area contributed by atoms with E-state index in [2.05, 4.69) is 10.2 Å². The molecule has 0 saturated carbocycles. The molecule has 5 heteroatoms. The average molecular weight is 302 g/mol. The van der Waals surface area contributed by atoms with Crippen molar-refractivity contribution in [1.82, 2.24) is 14.8 Å². The van der Waals surface area contributed by atoms with Gasteiger partial charge in [-0.15, -0.1) is 0 Å². The minimum atomic E-state index is 0.582. The van der Waals surface area contributed by atoms with Gasteiger partial charge in [0.2, 0.25) is 0 Å². The van der Waals surface area contributed by atoms with Gasteiger partial charge < -0.3 is 0 Å². The van der Waals surface area contributed by atoms with Gasteiger partial charge >= 0.3 is 0 Å². The molecule has 20 heavy (non-hydrogen) atoms. The predicted octanol–water partition coefficient (Wildman–Crippen LogP) is 4.17. The van der Waals surface area contributed by atoms with E-state index < -0.39 is 0 Å². The second-order valence-corrected chi connectivity index (χ2v) is 5.18. The van der Waals surface area contributed by atoms with E-state index in [9.17, 15) is 0 Å². The number of aromatic amines is 1. The van der Waals surface area contributed by atoms with Gasteiger partial charge in [-0.3, -0.25) is 9.67 Å². The van der Waals surface area contributed by atoms with E-state index in [-0.39, 0.29) is 0 Å². The number of aromatic nitrogens is 3. The van der Waals surface area contributed by atoms with Crippen LogP contribution in [0.25, 0.3) is 5.69 Å². The van der Waals surface area contributed by atoms with E-state index >= 15 is 0 Å². The third kappa shape index (κ3) is 2.53. The molecule has 0 saturated heterocycles. The molecule has 0 amide bonds. The molecular weight excluding hydrogens is 290 g/mol. The van der Waals surface area contributed by atoms with Gasteiger partial charge in [0.25, 0.3) is 0 Å². The Morgan fingerprint density at radius 2 is 1.75 bits per heavy atom. The molecule has 0 spiro atoms. The summed E-state index contributed by atoms with van der Waals surface area (Å²) in [5, 5.41) is 7.90. The van der Waals surface area contributed by atoms with Crippen LogP contribution in [0.15, 0.2) is 54.6 Å². The van der Waals surface area contributed by atoms with Gasteiger partial charge in [-0.05, 0) is 36.0 Å². The monoisotopic (exact) mass is 301 g/mol. The third-order valence-electron chi connectivity index (χ3n) is 3.06. The zero-order valence-corrected chi connectivity index (χ0v) is 12.2. The lowest BCUT2D eigenvalue weighted by molar-refractivity contribution is 0.902. The first-order valence-corrected chi connectivity index (χ1v) is 6.99. The van der Waals surface area contributed by atoms with Crippen molar-refractivity contribution in [3.63, 3.8) is 0 Å². The Morgan fingerprint density at radius 1 is 1.05 bits per heavy atom. The molecule has 3 rings (SSSR count). The Labute approximate surface area is 126 Å². The maximum atomic E-state index is 6.21. The van der Waals surface area contributed by atoms with Crippen LogP contribution in [0, 0.1) is 4.77 Å². The molecule has 1 heterocycles. The van der Waals surface area contributed by atoms with Crippen molar-refractivity contribution in [2.24, 2.45) is 0 Å². The topological polar surface area (TPSA) is 33.6 Å². The van der Waals surface area contributed by atoms with Gasteiger partial charge in [-0.25, -0.2) is 0 Å². The Kier molecular flexibility index (Phi) is 3.67. The molecule has 0 atom stereocenters. The fraction of sp³-hybridized carbons (Fsp3) is 0.0667. The van der Waals surface area contributed by atoms with Crippen molar-refractivity contribution in [3.05, 3.63) is 75.8 Å². The van der Waals surface area contributed by atoms with Crippen molar-refractivity contribution in [2.45, 2.75) is 6.42 Å². The molecule has 0 fully saturated rings. The number of rotatable bonds is 3. The second kappa shape index (κ2) is 5.61. The van der Waals surface area contributed by atoms with Crippen LogP contribution >= 0.6 is 23.8 Å². The minimum absolute atomic E-state index is 0.582. The first kappa shape index (κ1) is 13.1. The summed E-state index contributed by atoms with van der Waals surface area (Å²) in [4.78, 5) is 0. The average Bonchev–Trinajstić information content (AvgIpc) is 2.83. The number of H-pyrrole nitrogens is 1. The molecule has 3 nitrogen and oxygen atoms in total. The first-order chi connectivity index (χ1) is 9.75. The molecule has 0 aliphatic rings. The summed E-state index contributed by atoms with van der Waals surface area (Å²) in [6.07, 6.45) is 0.627. The minimum Gasteiger partial charge on any atom is -0.272 e.